The van der Waals surface area contributed by atoms with E-state index in [-0.39, 0.29) is 11.7 Å². The number of carbonyl (C=O) groups excluding carboxylic acids is 3. The Hall–Kier alpha value is -2.12. The largest absolute Gasteiger partial charge is 0.427 e. The van der Waals surface area contributed by atoms with Crippen LogP contribution in [0.2, 0.25) is 5.02 Å². The molecule has 1 aliphatic carbocycles. The average molecular weight is 425 g/mol. The van der Waals surface area contributed by atoms with Crippen molar-refractivity contribution in [2.24, 2.45) is 5.92 Å². The van der Waals surface area contributed by atoms with E-state index in [1.165, 1.54) is 11.9 Å². The molecule has 2 atom stereocenters. The molecule has 0 saturated heterocycles. The number of ketones is 1. The third kappa shape index (κ3) is 4.90. The smallest absolute Gasteiger partial charge is 0.413 e. The van der Waals surface area contributed by atoms with Gasteiger partial charge in [0, 0.05) is 24.1 Å². The molecule has 7 nitrogen and oxygen atoms in total. The lowest BCUT2D eigenvalue weighted by molar-refractivity contribution is -0.157. The first-order valence-electron chi connectivity index (χ1n) is 9.78. The molecule has 160 valence electrons. The summed E-state index contributed by atoms with van der Waals surface area (Å²) in [6.45, 7) is 3.23. The number of hydrogen-bond acceptors (Lipinski definition) is 6. The van der Waals surface area contributed by atoms with E-state index in [9.17, 15) is 14.4 Å². The number of Topliss-reactive ketones (excluding diaryl/α,β-unsaturated/α-hetero) is 1. The zero-order valence-electron chi connectivity index (χ0n) is 17.4. The number of nitrogens with one attached hydrogen (secondary N) is 1. The standard InChI is InChI=1S/C21H29ClN2O5/c1-14(2)18(23-3)19(26)28-13-29-20(27)24(4)21(12-8-7-11-17(21)25)15-9-5-6-10-16(15)22/h5-6,9-10,14,18,23H,7-8,11-13H2,1-4H3/t18-,21-/m0/s1. The van der Waals surface area contributed by atoms with Crippen LogP contribution in [0.1, 0.15) is 45.1 Å². The maximum Gasteiger partial charge on any atom is 0.413 e. The quantitative estimate of drug-likeness (QED) is 0.532. The van der Waals surface area contributed by atoms with E-state index in [1.54, 1.807) is 31.3 Å². The molecular weight excluding hydrogens is 396 g/mol. The number of carbonyl (C=O) groups is 3. The van der Waals surface area contributed by atoms with Crippen molar-refractivity contribution in [3.63, 3.8) is 0 Å². The molecule has 1 amide bonds. The number of nitrogens with zero attached hydrogens (tertiary/aromatic N) is 1. The van der Waals surface area contributed by atoms with Crippen molar-refractivity contribution < 1.29 is 23.9 Å². The van der Waals surface area contributed by atoms with Gasteiger partial charge in [0.25, 0.3) is 0 Å². The van der Waals surface area contributed by atoms with Crippen LogP contribution in [0.5, 0.6) is 0 Å². The second-order valence-corrected chi connectivity index (χ2v) is 7.94. The lowest BCUT2D eigenvalue weighted by Crippen LogP contribution is -2.54. The molecule has 0 unspecified atom stereocenters. The minimum absolute atomic E-state index is 0.0224. The molecule has 1 aliphatic rings. The molecule has 1 saturated carbocycles. The molecule has 0 aromatic heterocycles. The van der Waals surface area contributed by atoms with E-state index in [0.717, 1.165) is 12.8 Å². The minimum Gasteiger partial charge on any atom is -0.427 e. The molecule has 1 fully saturated rings. The SMILES string of the molecule is CN[C@H](C(=O)OCOC(=O)N(C)[C@]1(c2ccccc2Cl)CCCCC1=O)C(C)C. The number of ether oxygens (including phenoxy) is 2. The number of rotatable bonds is 7. The van der Waals surface area contributed by atoms with Gasteiger partial charge in [0.05, 0.1) is 0 Å². The Labute approximate surface area is 176 Å². The molecule has 0 spiro atoms. The van der Waals surface area contributed by atoms with Gasteiger partial charge < -0.3 is 14.8 Å². The Morgan fingerprint density at radius 1 is 1.24 bits per heavy atom. The summed E-state index contributed by atoms with van der Waals surface area (Å²) >= 11 is 6.38. The highest BCUT2D eigenvalue weighted by atomic mass is 35.5. The molecule has 1 aromatic carbocycles. The average Bonchev–Trinajstić information content (AvgIpc) is 2.68. The number of halogens is 1. The van der Waals surface area contributed by atoms with E-state index >= 15 is 0 Å². The molecule has 2 rings (SSSR count). The van der Waals surface area contributed by atoms with Crippen LogP contribution in [0, 0.1) is 5.92 Å². The van der Waals surface area contributed by atoms with Crippen molar-refractivity contribution in [3.8, 4) is 0 Å². The molecule has 1 aromatic rings. The van der Waals surface area contributed by atoms with Crippen LogP contribution in [0.15, 0.2) is 24.3 Å². The fourth-order valence-corrected chi connectivity index (χ4v) is 4.13. The maximum atomic E-state index is 13.0. The summed E-state index contributed by atoms with van der Waals surface area (Å²) in [7, 11) is 3.18. The van der Waals surface area contributed by atoms with Gasteiger partial charge in [-0.15, -0.1) is 0 Å². The van der Waals surface area contributed by atoms with Crippen LogP contribution in [-0.4, -0.2) is 49.7 Å². The van der Waals surface area contributed by atoms with Crippen molar-refractivity contribution in [1.29, 1.82) is 0 Å². The fourth-order valence-electron chi connectivity index (χ4n) is 3.83. The summed E-state index contributed by atoms with van der Waals surface area (Å²) in [5.74, 6) is -0.565. The topological polar surface area (TPSA) is 84.9 Å². The molecule has 8 heteroatoms. The van der Waals surface area contributed by atoms with E-state index in [2.05, 4.69) is 5.32 Å². The molecular formula is C21H29ClN2O5. The fraction of sp³-hybridized carbons (Fsp3) is 0.571. The van der Waals surface area contributed by atoms with Gasteiger partial charge in [0.2, 0.25) is 6.79 Å². The van der Waals surface area contributed by atoms with E-state index in [4.69, 9.17) is 21.1 Å². The van der Waals surface area contributed by atoms with E-state index in [0.29, 0.717) is 23.4 Å². The minimum atomic E-state index is -1.19. The van der Waals surface area contributed by atoms with E-state index in [1.807, 2.05) is 13.8 Å². The van der Waals surface area contributed by atoms with Gasteiger partial charge in [-0.2, -0.15) is 0 Å². The first-order chi connectivity index (χ1) is 13.8. The Morgan fingerprint density at radius 3 is 2.52 bits per heavy atom. The first kappa shape index (κ1) is 23.2. The number of esters is 1. The highest BCUT2D eigenvalue weighted by molar-refractivity contribution is 6.31. The van der Waals surface area contributed by atoms with Gasteiger partial charge in [0.15, 0.2) is 5.78 Å². The summed E-state index contributed by atoms with van der Waals surface area (Å²) < 4.78 is 10.2. The number of hydrogen-bond donors (Lipinski definition) is 1. The summed E-state index contributed by atoms with van der Waals surface area (Å²) in [5.41, 5.74) is -0.610. The third-order valence-corrected chi connectivity index (χ3v) is 5.76. The lowest BCUT2D eigenvalue weighted by atomic mass is 9.74. The van der Waals surface area contributed by atoms with Gasteiger partial charge in [-0.1, -0.05) is 43.6 Å². The molecule has 0 aliphatic heterocycles. The first-order valence-corrected chi connectivity index (χ1v) is 10.2. The number of likely N-dealkylation sites (N-methyl/N-ethyl adjacent to an activating group) is 2. The van der Waals surface area contributed by atoms with Crippen molar-refractivity contribution in [1.82, 2.24) is 10.2 Å². The third-order valence-electron chi connectivity index (χ3n) is 5.43. The Balaban J connectivity index is 2.15. The normalized spacial score (nSPS) is 20.3. The monoisotopic (exact) mass is 424 g/mol. The molecule has 1 N–H and O–H groups in total. The zero-order valence-corrected chi connectivity index (χ0v) is 18.1. The van der Waals surface area contributed by atoms with Crippen LogP contribution in [0.4, 0.5) is 4.79 Å². The zero-order chi connectivity index (χ0) is 21.6. The highest BCUT2D eigenvalue weighted by Crippen LogP contribution is 2.42. The van der Waals surface area contributed by atoms with Gasteiger partial charge in [-0.05, 0) is 38.3 Å². The summed E-state index contributed by atoms with van der Waals surface area (Å²) in [6, 6.07) is 6.52. The van der Waals surface area contributed by atoms with Gasteiger partial charge in [-0.3, -0.25) is 14.5 Å². The Kier molecular flexibility index (Phi) is 8.05. The number of amides is 1. The maximum absolute atomic E-state index is 13.0. The van der Waals surface area contributed by atoms with Gasteiger partial charge in [-0.25, -0.2) is 4.79 Å². The molecule has 0 radical (unpaired) electrons. The summed E-state index contributed by atoms with van der Waals surface area (Å²) in [6.07, 6.45) is 1.61. The van der Waals surface area contributed by atoms with Crippen LogP contribution in [-0.2, 0) is 24.6 Å². The second kappa shape index (κ2) is 10.1. The predicted molar refractivity (Wildman–Crippen MR) is 109 cm³/mol. The Morgan fingerprint density at radius 2 is 1.93 bits per heavy atom. The van der Waals surface area contributed by atoms with Crippen LogP contribution in [0.3, 0.4) is 0 Å². The van der Waals surface area contributed by atoms with Crippen LogP contribution in [0.25, 0.3) is 0 Å². The molecule has 29 heavy (non-hydrogen) atoms. The Bertz CT molecular complexity index is 754. The van der Waals surface area contributed by atoms with Crippen LogP contribution < -0.4 is 5.32 Å². The second-order valence-electron chi connectivity index (χ2n) is 7.53. The van der Waals surface area contributed by atoms with Crippen molar-refractivity contribution in [2.75, 3.05) is 20.9 Å². The van der Waals surface area contributed by atoms with Gasteiger partial charge >= 0.3 is 12.1 Å². The van der Waals surface area contributed by atoms with E-state index < -0.39 is 30.4 Å². The predicted octanol–water partition coefficient (Wildman–Crippen LogP) is 3.49. The summed E-state index contributed by atoms with van der Waals surface area (Å²) in [4.78, 5) is 39.1. The molecule has 0 heterocycles. The number of benzene rings is 1. The lowest BCUT2D eigenvalue weighted by Gasteiger charge is -2.43. The van der Waals surface area contributed by atoms with Gasteiger partial charge in [0.1, 0.15) is 11.6 Å². The summed E-state index contributed by atoms with van der Waals surface area (Å²) in [5, 5.41) is 3.29. The van der Waals surface area contributed by atoms with Crippen LogP contribution >= 0.6 is 11.6 Å². The van der Waals surface area contributed by atoms with Crippen molar-refractivity contribution in [2.45, 2.75) is 51.1 Å². The van der Waals surface area contributed by atoms with Crippen molar-refractivity contribution in [3.05, 3.63) is 34.9 Å². The van der Waals surface area contributed by atoms with Crippen molar-refractivity contribution >= 4 is 29.4 Å². The molecule has 0 bridgehead atoms. The highest BCUT2D eigenvalue weighted by Gasteiger charge is 2.48.